The fraction of sp³-hybridized carbons (Fsp3) is 0.357. The van der Waals surface area contributed by atoms with Gasteiger partial charge in [-0.2, -0.15) is 0 Å². The maximum absolute atomic E-state index is 11.2. The average Bonchev–Trinajstić information content (AvgIpc) is 2.79. The Morgan fingerprint density at radius 1 is 1.47 bits per heavy atom. The van der Waals surface area contributed by atoms with Crippen molar-refractivity contribution in [1.82, 2.24) is 10.3 Å². The van der Waals surface area contributed by atoms with E-state index in [4.69, 9.17) is 16.3 Å². The van der Waals surface area contributed by atoms with Crippen LogP contribution in [0.2, 0.25) is 5.02 Å². The number of ether oxygens (including phenoxy) is 1. The molecule has 0 aliphatic rings. The van der Waals surface area contributed by atoms with Gasteiger partial charge in [-0.15, -0.1) is 0 Å². The maximum atomic E-state index is 11.2. The fourth-order valence-corrected chi connectivity index (χ4v) is 2.25. The topological polar surface area (TPSA) is 54.1 Å². The van der Waals surface area contributed by atoms with E-state index in [1.165, 1.54) is 0 Å². The van der Waals surface area contributed by atoms with E-state index < -0.39 is 0 Å². The van der Waals surface area contributed by atoms with Gasteiger partial charge >= 0.3 is 0 Å². The number of nitrogens with one attached hydrogen (secondary N) is 2. The largest absolute Gasteiger partial charge is 0.495 e. The third kappa shape index (κ3) is 3.01. The molecular weight excluding hydrogens is 264 g/mol. The number of methoxy groups -OCH3 is 1. The summed E-state index contributed by atoms with van der Waals surface area (Å²) in [5.41, 5.74) is 2.11. The number of amides is 1. The van der Waals surface area contributed by atoms with Crippen molar-refractivity contribution in [2.45, 2.75) is 19.8 Å². The van der Waals surface area contributed by atoms with Crippen molar-refractivity contribution in [3.8, 4) is 5.75 Å². The molecule has 0 bridgehead atoms. The molecule has 0 aliphatic carbocycles. The second-order valence-electron chi connectivity index (χ2n) is 4.30. The molecule has 1 amide bonds. The first-order valence-corrected chi connectivity index (χ1v) is 6.63. The molecule has 0 saturated heterocycles. The van der Waals surface area contributed by atoms with Crippen molar-refractivity contribution < 1.29 is 9.53 Å². The van der Waals surface area contributed by atoms with Crippen LogP contribution < -0.4 is 10.1 Å². The van der Waals surface area contributed by atoms with E-state index in [0.717, 1.165) is 22.9 Å². The average molecular weight is 281 g/mol. The van der Waals surface area contributed by atoms with Crippen LogP contribution in [0, 0.1) is 0 Å². The predicted octanol–water partition coefficient (Wildman–Crippen LogP) is 2.90. The molecule has 0 radical (unpaired) electrons. The number of H-pyrrole nitrogens is 1. The zero-order valence-electron chi connectivity index (χ0n) is 11.0. The van der Waals surface area contributed by atoms with E-state index in [1.54, 1.807) is 7.11 Å². The number of hydrogen-bond donors (Lipinski definition) is 2. The summed E-state index contributed by atoms with van der Waals surface area (Å²) in [5, 5.41) is 4.53. The van der Waals surface area contributed by atoms with Crippen LogP contribution in [0.4, 0.5) is 0 Å². The molecule has 0 spiro atoms. The van der Waals surface area contributed by atoms with E-state index >= 15 is 0 Å². The molecule has 19 heavy (non-hydrogen) atoms. The zero-order chi connectivity index (χ0) is 13.8. The van der Waals surface area contributed by atoms with Crippen molar-refractivity contribution >= 4 is 28.4 Å². The highest BCUT2D eigenvalue weighted by Gasteiger charge is 2.09. The van der Waals surface area contributed by atoms with Crippen LogP contribution in [-0.2, 0) is 11.2 Å². The number of benzene rings is 1. The molecule has 1 heterocycles. The van der Waals surface area contributed by atoms with Crippen LogP contribution in [0.25, 0.3) is 10.9 Å². The molecule has 1 aromatic heterocycles. The molecule has 0 saturated carbocycles. The number of fused-ring (bicyclic) bond motifs is 1. The van der Waals surface area contributed by atoms with Gasteiger partial charge in [0.25, 0.3) is 0 Å². The van der Waals surface area contributed by atoms with Crippen molar-refractivity contribution in [3.05, 3.63) is 28.9 Å². The quantitative estimate of drug-likeness (QED) is 0.885. The third-order valence-electron chi connectivity index (χ3n) is 3.08. The van der Waals surface area contributed by atoms with Gasteiger partial charge in [-0.3, -0.25) is 4.79 Å². The van der Waals surface area contributed by atoms with Gasteiger partial charge < -0.3 is 15.0 Å². The lowest BCUT2D eigenvalue weighted by Crippen LogP contribution is -2.24. The Kier molecular flexibility index (Phi) is 4.32. The first-order valence-electron chi connectivity index (χ1n) is 6.26. The summed E-state index contributed by atoms with van der Waals surface area (Å²) >= 11 is 6.08. The number of carbonyl (C=O) groups excluding carboxylic acids is 1. The third-order valence-corrected chi connectivity index (χ3v) is 3.37. The SMILES string of the molecule is CCC(=O)NCCc1c[nH]c2cc(Cl)c(OC)cc12. The molecule has 5 heteroatoms. The predicted molar refractivity (Wildman–Crippen MR) is 76.9 cm³/mol. The highest BCUT2D eigenvalue weighted by molar-refractivity contribution is 6.32. The van der Waals surface area contributed by atoms with Gasteiger partial charge in [0.15, 0.2) is 0 Å². The standard InChI is InChI=1S/C14H17ClN2O2/c1-3-14(18)16-5-4-9-8-17-12-7-11(15)13(19-2)6-10(9)12/h6-8,17H,3-5H2,1-2H3,(H,16,18). The minimum absolute atomic E-state index is 0.0699. The number of aromatic amines is 1. The number of aromatic nitrogens is 1. The number of carbonyl (C=O) groups is 1. The Bertz CT molecular complexity index is 592. The van der Waals surface area contributed by atoms with Gasteiger partial charge in [0.1, 0.15) is 5.75 Å². The molecule has 1 aromatic carbocycles. The lowest BCUT2D eigenvalue weighted by atomic mass is 10.1. The van der Waals surface area contributed by atoms with Gasteiger partial charge in [-0.05, 0) is 24.1 Å². The minimum atomic E-state index is 0.0699. The molecule has 0 fully saturated rings. The number of halogens is 1. The van der Waals surface area contributed by atoms with Gasteiger partial charge in [0, 0.05) is 30.1 Å². The summed E-state index contributed by atoms with van der Waals surface area (Å²) in [6, 6.07) is 3.77. The molecule has 102 valence electrons. The van der Waals surface area contributed by atoms with Crippen molar-refractivity contribution in [2.75, 3.05) is 13.7 Å². The maximum Gasteiger partial charge on any atom is 0.219 e. The van der Waals surface area contributed by atoms with Crippen molar-refractivity contribution in [1.29, 1.82) is 0 Å². The molecule has 4 nitrogen and oxygen atoms in total. The van der Waals surface area contributed by atoms with Crippen molar-refractivity contribution in [3.63, 3.8) is 0 Å². The van der Waals surface area contributed by atoms with Crippen molar-refractivity contribution in [2.24, 2.45) is 0 Å². The van der Waals surface area contributed by atoms with Crippen LogP contribution in [0.15, 0.2) is 18.3 Å². The summed E-state index contributed by atoms with van der Waals surface area (Å²) in [6.07, 6.45) is 3.23. The van der Waals surface area contributed by atoms with E-state index in [2.05, 4.69) is 10.3 Å². The van der Waals surface area contributed by atoms with E-state index in [-0.39, 0.29) is 5.91 Å². The highest BCUT2D eigenvalue weighted by Crippen LogP contribution is 2.31. The van der Waals surface area contributed by atoms with Crippen LogP contribution in [0.5, 0.6) is 5.75 Å². The second kappa shape index (κ2) is 5.97. The Hall–Kier alpha value is -1.68. The van der Waals surface area contributed by atoms with Gasteiger partial charge in [0.05, 0.1) is 12.1 Å². The number of hydrogen-bond acceptors (Lipinski definition) is 2. The summed E-state index contributed by atoms with van der Waals surface area (Å²) in [6.45, 7) is 2.47. The molecule has 2 N–H and O–H groups in total. The fourth-order valence-electron chi connectivity index (χ4n) is 2.01. The summed E-state index contributed by atoms with van der Waals surface area (Å²) < 4.78 is 5.22. The van der Waals surface area contributed by atoms with Crippen LogP contribution in [-0.4, -0.2) is 24.5 Å². The lowest BCUT2D eigenvalue weighted by molar-refractivity contribution is -0.120. The number of rotatable bonds is 5. The van der Waals surface area contributed by atoms with E-state index in [0.29, 0.717) is 23.7 Å². The normalized spacial score (nSPS) is 10.7. The van der Waals surface area contributed by atoms with Crippen LogP contribution >= 0.6 is 11.6 Å². The molecule has 0 aliphatic heterocycles. The molecular formula is C14H17ClN2O2. The minimum Gasteiger partial charge on any atom is -0.495 e. The smallest absolute Gasteiger partial charge is 0.219 e. The Morgan fingerprint density at radius 2 is 2.26 bits per heavy atom. The first-order chi connectivity index (χ1) is 9.15. The van der Waals surface area contributed by atoms with E-state index in [9.17, 15) is 4.79 Å². The van der Waals surface area contributed by atoms with Gasteiger partial charge in [-0.25, -0.2) is 0 Å². The first kappa shape index (κ1) is 13.7. The zero-order valence-corrected chi connectivity index (χ0v) is 11.8. The van der Waals surface area contributed by atoms with Gasteiger partial charge in [-0.1, -0.05) is 18.5 Å². The Labute approximate surface area is 117 Å². The van der Waals surface area contributed by atoms with Crippen LogP contribution in [0.1, 0.15) is 18.9 Å². The van der Waals surface area contributed by atoms with Crippen LogP contribution in [0.3, 0.4) is 0 Å². The summed E-state index contributed by atoms with van der Waals surface area (Å²) in [4.78, 5) is 14.4. The summed E-state index contributed by atoms with van der Waals surface area (Å²) in [7, 11) is 1.60. The summed E-state index contributed by atoms with van der Waals surface area (Å²) in [5.74, 6) is 0.730. The molecule has 2 rings (SSSR count). The van der Waals surface area contributed by atoms with E-state index in [1.807, 2.05) is 25.3 Å². The lowest BCUT2D eigenvalue weighted by Gasteiger charge is -2.05. The van der Waals surface area contributed by atoms with Gasteiger partial charge in [0.2, 0.25) is 5.91 Å². The molecule has 2 aromatic rings. The Morgan fingerprint density at radius 3 is 2.95 bits per heavy atom. The highest BCUT2D eigenvalue weighted by atomic mass is 35.5. The Balaban J connectivity index is 2.17. The molecule has 0 unspecified atom stereocenters. The monoisotopic (exact) mass is 280 g/mol. The molecule has 0 atom stereocenters. The second-order valence-corrected chi connectivity index (χ2v) is 4.71.